The van der Waals surface area contributed by atoms with E-state index >= 15 is 0 Å². The van der Waals surface area contributed by atoms with Crippen LogP contribution in [0.5, 0.6) is 0 Å². The van der Waals surface area contributed by atoms with Crippen LogP contribution >= 0.6 is 0 Å². The molecule has 0 fully saturated rings. The standard InChI is InChI=1S/C14H17N3O2/c1-8-5-6-12(15-4)11(7-8)13(18)16-14-9(2)10(3)17-19-14/h5-7,15H,1-4H3,(H,16,18). The summed E-state index contributed by atoms with van der Waals surface area (Å²) in [5.41, 5.74) is 3.99. The van der Waals surface area contributed by atoms with Crippen molar-refractivity contribution in [3.8, 4) is 0 Å². The van der Waals surface area contributed by atoms with Crippen molar-refractivity contribution in [1.82, 2.24) is 5.16 Å². The van der Waals surface area contributed by atoms with Crippen molar-refractivity contribution >= 4 is 17.5 Å². The van der Waals surface area contributed by atoms with Gasteiger partial charge in [0.1, 0.15) is 0 Å². The van der Waals surface area contributed by atoms with E-state index in [9.17, 15) is 4.79 Å². The third-order valence-electron chi connectivity index (χ3n) is 3.07. The number of aromatic nitrogens is 1. The molecule has 0 aliphatic rings. The average Bonchev–Trinajstić information content (AvgIpc) is 2.70. The molecule has 19 heavy (non-hydrogen) atoms. The fourth-order valence-corrected chi connectivity index (χ4v) is 1.77. The van der Waals surface area contributed by atoms with Crippen LogP contribution < -0.4 is 10.6 Å². The number of aryl methyl sites for hydroxylation is 2. The first kappa shape index (κ1) is 13.1. The van der Waals surface area contributed by atoms with Crippen LogP contribution in [0.3, 0.4) is 0 Å². The summed E-state index contributed by atoms with van der Waals surface area (Å²) in [6, 6.07) is 5.66. The summed E-state index contributed by atoms with van der Waals surface area (Å²) >= 11 is 0. The van der Waals surface area contributed by atoms with E-state index in [4.69, 9.17) is 4.52 Å². The van der Waals surface area contributed by atoms with E-state index in [2.05, 4.69) is 15.8 Å². The van der Waals surface area contributed by atoms with Gasteiger partial charge in [-0.05, 0) is 32.9 Å². The van der Waals surface area contributed by atoms with Crippen molar-refractivity contribution in [2.45, 2.75) is 20.8 Å². The van der Waals surface area contributed by atoms with Crippen LogP contribution in [0.25, 0.3) is 0 Å². The largest absolute Gasteiger partial charge is 0.387 e. The quantitative estimate of drug-likeness (QED) is 0.889. The van der Waals surface area contributed by atoms with Gasteiger partial charge in [0.15, 0.2) is 0 Å². The maximum absolute atomic E-state index is 12.3. The Morgan fingerprint density at radius 3 is 2.58 bits per heavy atom. The Bertz CT molecular complexity index is 617. The lowest BCUT2D eigenvalue weighted by Gasteiger charge is -2.09. The van der Waals surface area contributed by atoms with E-state index in [1.165, 1.54) is 0 Å². The average molecular weight is 259 g/mol. The Morgan fingerprint density at radius 2 is 2.00 bits per heavy atom. The molecule has 0 atom stereocenters. The molecule has 0 aliphatic heterocycles. The zero-order valence-electron chi connectivity index (χ0n) is 11.5. The fraction of sp³-hybridized carbons (Fsp3) is 0.286. The molecule has 1 aromatic heterocycles. The summed E-state index contributed by atoms with van der Waals surface area (Å²) in [7, 11) is 1.78. The second-order valence-corrected chi connectivity index (χ2v) is 4.48. The zero-order chi connectivity index (χ0) is 14.0. The summed E-state index contributed by atoms with van der Waals surface area (Å²) in [5, 5.41) is 9.56. The lowest BCUT2D eigenvalue weighted by atomic mass is 10.1. The minimum Gasteiger partial charge on any atom is -0.387 e. The van der Waals surface area contributed by atoms with Crippen LogP contribution in [0.2, 0.25) is 0 Å². The van der Waals surface area contributed by atoms with Crippen LogP contribution in [0.15, 0.2) is 22.7 Å². The van der Waals surface area contributed by atoms with E-state index in [-0.39, 0.29) is 5.91 Å². The molecule has 2 N–H and O–H groups in total. The van der Waals surface area contributed by atoms with Gasteiger partial charge in [0.05, 0.1) is 11.3 Å². The molecule has 0 aliphatic carbocycles. The first-order chi connectivity index (χ1) is 9.02. The van der Waals surface area contributed by atoms with Gasteiger partial charge < -0.3 is 9.84 Å². The van der Waals surface area contributed by atoms with Gasteiger partial charge in [0.2, 0.25) is 5.88 Å². The molecular formula is C14H17N3O2. The third-order valence-corrected chi connectivity index (χ3v) is 3.07. The Balaban J connectivity index is 2.30. The molecule has 1 aromatic carbocycles. The van der Waals surface area contributed by atoms with Gasteiger partial charge >= 0.3 is 0 Å². The van der Waals surface area contributed by atoms with Crippen molar-refractivity contribution in [3.63, 3.8) is 0 Å². The van der Waals surface area contributed by atoms with E-state index < -0.39 is 0 Å². The Kier molecular flexibility index (Phi) is 3.55. The first-order valence-electron chi connectivity index (χ1n) is 6.05. The highest BCUT2D eigenvalue weighted by molar-refractivity contribution is 6.07. The Labute approximate surface area is 112 Å². The summed E-state index contributed by atoms with van der Waals surface area (Å²) < 4.78 is 5.09. The van der Waals surface area contributed by atoms with E-state index in [0.29, 0.717) is 11.4 Å². The molecule has 0 unspecified atom stereocenters. The predicted octanol–water partition coefficient (Wildman–Crippen LogP) is 2.89. The number of nitrogens with zero attached hydrogens (tertiary/aromatic N) is 1. The highest BCUT2D eigenvalue weighted by Gasteiger charge is 2.15. The van der Waals surface area contributed by atoms with Crippen molar-refractivity contribution in [2.75, 3.05) is 17.7 Å². The number of amides is 1. The molecule has 100 valence electrons. The highest BCUT2D eigenvalue weighted by atomic mass is 16.5. The minimum absolute atomic E-state index is 0.215. The van der Waals surface area contributed by atoms with Crippen molar-refractivity contribution in [1.29, 1.82) is 0 Å². The molecule has 5 heteroatoms. The summed E-state index contributed by atoms with van der Waals surface area (Å²) in [4.78, 5) is 12.3. The van der Waals surface area contributed by atoms with Crippen LogP contribution in [0, 0.1) is 20.8 Å². The number of anilines is 2. The van der Waals surface area contributed by atoms with Gasteiger partial charge in [-0.3, -0.25) is 10.1 Å². The number of carbonyl (C=O) groups excluding carboxylic acids is 1. The second kappa shape index (κ2) is 5.14. The molecule has 0 bridgehead atoms. The first-order valence-corrected chi connectivity index (χ1v) is 6.05. The van der Waals surface area contributed by atoms with Crippen LogP contribution in [0.1, 0.15) is 27.2 Å². The summed E-state index contributed by atoms with van der Waals surface area (Å²) in [5.74, 6) is 0.179. The predicted molar refractivity (Wildman–Crippen MR) is 74.7 cm³/mol. The lowest BCUT2D eigenvalue weighted by Crippen LogP contribution is -2.14. The summed E-state index contributed by atoms with van der Waals surface area (Å²) in [6.07, 6.45) is 0. The maximum Gasteiger partial charge on any atom is 0.260 e. The molecule has 0 saturated carbocycles. The van der Waals surface area contributed by atoms with Crippen LogP contribution in [-0.2, 0) is 0 Å². The molecule has 5 nitrogen and oxygen atoms in total. The molecule has 2 aromatic rings. The topological polar surface area (TPSA) is 67.2 Å². The normalized spacial score (nSPS) is 10.3. The number of benzene rings is 1. The van der Waals surface area contributed by atoms with Crippen LogP contribution in [-0.4, -0.2) is 18.1 Å². The number of hydrogen-bond donors (Lipinski definition) is 2. The Morgan fingerprint density at radius 1 is 1.26 bits per heavy atom. The molecule has 0 spiro atoms. The van der Waals surface area contributed by atoms with E-state index in [1.807, 2.05) is 39.0 Å². The molecule has 2 rings (SSSR count). The van der Waals surface area contributed by atoms with Crippen molar-refractivity contribution < 1.29 is 9.32 Å². The fourth-order valence-electron chi connectivity index (χ4n) is 1.77. The third kappa shape index (κ3) is 2.59. The SMILES string of the molecule is CNc1ccc(C)cc1C(=O)Nc1onc(C)c1C. The molecule has 1 amide bonds. The molecule has 0 saturated heterocycles. The smallest absolute Gasteiger partial charge is 0.260 e. The lowest BCUT2D eigenvalue weighted by molar-refractivity contribution is 0.102. The van der Waals surface area contributed by atoms with E-state index in [0.717, 1.165) is 22.5 Å². The molecular weight excluding hydrogens is 242 g/mol. The van der Waals surface area contributed by atoms with Gasteiger partial charge in [0, 0.05) is 18.3 Å². The number of rotatable bonds is 3. The highest BCUT2D eigenvalue weighted by Crippen LogP contribution is 2.21. The van der Waals surface area contributed by atoms with Gasteiger partial charge in [-0.15, -0.1) is 0 Å². The molecule has 1 heterocycles. The Hall–Kier alpha value is -2.30. The second-order valence-electron chi connectivity index (χ2n) is 4.48. The van der Waals surface area contributed by atoms with Gasteiger partial charge in [-0.1, -0.05) is 16.8 Å². The monoisotopic (exact) mass is 259 g/mol. The van der Waals surface area contributed by atoms with Crippen LogP contribution in [0.4, 0.5) is 11.6 Å². The molecule has 0 radical (unpaired) electrons. The van der Waals surface area contributed by atoms with Crippen molar-refractivity contribution in [3.05, 3.63) is 40.6 Å². The number of carbonyl (C=O) groups is 1. The van der Waals surface area contributed by atoms with Gasteiger partial charge in [-0.25, -0.2) is 0 Å². The maximum atomic E-state index is 12.3. The minimum atomic E-state index is -0.215. The number of hydrogen-bond acceptors (Lipinski definition) is 4. The summed E-state index contributed by atoms with van der Waals surface area (Å²) in [6.45, 7) is 5.64. The van der Waals surface area contributed by atoms with Gasteiger partial charge in [-0.2, -0.15) is 0 Å². The van der Waals surface area contributed by atoms with Gasteiger partial charge in [0.25, 0.3) is 5.91 Å². The zero-order valence-corrected chi connectivity index (χ0v) is 11.5. The van der Waals surface area contributed by atoms with E-state index in [1.54, 1.807) is 7.05 Å². The number of nitrogens with one attached hydrogen (secondary N) is 2. The van der Waals surface area contributed by atoms with Crippen molar-refractivity contribution in [2.24, 2.45) is 0 Å².